The van der Waals surface area contributed by atoms with E-state index in [0.717, 1.165) is 34.0 Å². The topological polar surface area (TPSA) is 35.9 Å². The van der Waals surface area contributed by atoms with Crippen LogP contribution in [0.5, 0.6) is 11.5 Å². The highest BCUT2D eigenvalue weighted by Crippen LogP contribution is 2.38. The van der Waals surface area contributed by atoms with E-state index in [1.54, 1.807) is 35.2 Å². The predicted octanol–water partition coefficient (Wildman–Crippen LogP) is 12.0. The summed E-state index contributed by atoms with van der Waals surface area (Å²) in [6.45, 7) is 8.74. The Morgan fingerprint density at radius 3 is 2.15 bits per heavy atom. The summed E-state index contributed by atoms with van der Waals surface area (Å²) in [7, 11) is 0. The van der Waals surface area contributed by atoms with Crippen LogP contribution >= 0.6 is 0 Å². The molecule has 0 saturated heterocycles. The van der Waals surface area contributed by atoms with Crippen molar-refractivity contribution in [3.05, 3.63) is 187 Å². The van der Waals surface area contributed by atoms with Gasteiger partial charge in [-0.1, -0.05) is 118 Å². The molecule has 5 heteroatoms. The predicted molar refractivity (Wildman–Crippen MR) is 224 cm³/mol. The molecule has 0 atom stereocenters. The molecule has 0 aliphatic heterocycles. The van der Waals surface area contributed by atoms with Gasteiger partial charge in [-0.05, 0) is 99.8 Å². The number of hydrogen-bond donors (Lipinski definition) is 0. The number of aryl methyl sites for hydroxylation is 1. The molecule has 0 radical (unpaired) electrons. The van der Waals surface area contributed by atoms with Gasteiger partial charge >= 0.3 is 0 Å². The van der Waals surface area contributed by atoms with Crippen molar-refractivity contribution in [1.29, 1.82) is 0 Å². The minimum atomic E-state index is -0.560. The second kappa shape index (κ2) is 13.9. The molecule has 0 N–H and O–H groups in total. The van der Waals surface area contributed by atoms with Crippen LogP contribution in [0, 0.1) is 6.33 Å². The van der Waals surface area contributed by atoms with Crippen molar-refractivity contribution in [1.82, 2.24) is 14.1 Å². The van der Waals surface area contributed by atoms with Crippen molar-refractivity contribution in [3.63, 3.8) is 0 Å². The van der Waals surface area contributed by atoms with Crippen molar-refractivity contribution in [2.45, 2.75) is 39.5 Å². The molecule has 3 heterocycles. The molecule has 3 aromatic heterocycles. The van der Waals surface area contributed by atoms with E-state index in [0.29, 0.717) is 17.2 Å². The number of ether oxygens (including phenoxy) is 1. The number of imidazole rings is 1. The van der Waals surface area contributed by atoms with Gasteiger partial charge in [0.2, 0.25) is 0 Å². The zero-order chi connectivity index (χ0) is 46.2. The van der Waals surface area contributed by atoms with Crippen LogP contribution in [0.4, 0.5) is 0 Å². The van der Waals surface area contributed by atoms with Gasteiger partial charge < -0.3 is 4.74 Å². The van der Waals surface area contributed by atoms with Crippen LogP contribution in [0.15, 0.2) is 170 Å². The monoisotopic (exact) mass is 724 g/mol. The first kappa shape index (κ1) is 24.6. The Hall–Kier alpha value is -6.72. The number of aromatic nitrogens is 4. The number of hydrogen-bond acceptors (Lipinski definition) is 2. The summed E-state index contributed by atoms with van der Waals surface area (Å²) in [5.41, 5.74) is 5.24. The van der Waals surface area contributed by atoms with Gasteiger partial charge in [-0.2, -0.15) is 0 Å². The molecular weight excluding hydrogens is 673 g/mol. The minimum absolute atomic E-state index is 0.0478. The summed E-state index contributed by atoms with van der Waals surface area (Å²) < 4.78 is 97.5. The molecule has 9 rings (SSSR count). The summed E-state index contributed by atoms with van der Waals surface area (Å²) in [4.78, 5) is 4.80. The highest BCUT2D eigenvalue weighted by atomic mass is 16.5. The van der Waals surface area contributed by atoms with Gasteiger partial charge in [-0.15, -0.1) is 0 Å². The number of pyridine rings is 1. The van der Waals surface area contributed by atoms with Crippen molar-refractivity contribution in [2.75, 3.05) is 0 Å². The van der Waals surface area contributed by atoms with Crippen LogP contribution in [0.1, 0.15) is 52.5 Å². The standard InChI is InChI=1S/C50H42N4O/c1-5-35-26-27-51-48(30-35)54-46-25-22-38(50(2,3)4)31-45(46)44-24-23-41(33-47(44)54)55-40-19-12-18-39(32-40)52-28-29-53(34-52)49-42(36-14-8-6-9-15-36)20-13-21-43(49)37-16-10-7-11-17-37/h6-33H,5H2,1-4H3/i6D,7D,8D,9D,10D,11D,14D,15D,16D,17D. The zero-order valence-corrected chi connectivity index (χ0v) is 30.8. The van der Waals surface area contributed by atoms with E-state index in [1.165, 1.54) is 15.7 Å². The van der Waals surface area contributed by atoms with E-state index < -0.39 is 60.4 Å². The smallest absolute Gasteiger partial charge is 0.268 e. The summed E-state index contributed by atoms with van der Waals surface area (Å²) in [6.07, 6.45) is 9.32. The molecule has 0 saturated carbocycles. The number of para-hydroxylation sites is 1. The summed E-state index contributed by atoms with van der Waals surface area (Å²) in [6, 6.07) is 23.7. The molecule has 0 aliphatic carbocycles. The maximum Gasteiger partial charge on any atom is 0.268 e. The Kier molecular flexibility index (Phi) is 6.22. The van der Waals surface area contributed by atoms with E-state index in [4.69, 9.17) is 23.4 Å². The Bertz CT molecular complexity index is 3260. The van der Waals surface area contributed by atoms with Crippen molar-refractivity contribution in [3.8, 4) is 50.9 Å². The van der Waals surface area contributed by atoms with E-state index in [2.05, 4.69) is 68.9 Å². The molecule has 0 aliphatic rings. The van der Waals surface area contributed by atoms with Crippen LogP contribution in [0.2, 0.25) is 0 Å². The maximum absolute atomic E-state index is 8.84. The van der Waals surface area contributed by atoms with Crippen LogP contribution in [-0.2, 0) is 11.8 Å². The molecule has 0 amide bonds. The summed E-state index contributed by atoms with van der Waals surface area (Å²) in [5.74, 6) is 1.94. The van der Waals surface area contributed by atoms with E-state index in [9.17, 15) is 0 Å². The fraction of sp³-hybridized carbons (Fsp3) is 0.120. The Labute approximate surface area is 336 Å². The molecular formula is C50H42N4O. The first-order valence-corrected chi connectivity index (χ1v) is 18.1. The lowest BCUT2D eigenvalue weighted by Crippen LogP contribution is -2.30. The fourth-order valence-electron chi connectivity index (χ4n) is 6.97. The van der Waals surface area contributed by atoms with Crippen molar-refractivity contribution in [2.24, 2.45) is 0 Å². The number of rotatable bonds is 8. The third kappa shape index (κ3) is 6.48. The van der Waals surface area contributed by atoms with Gasteiger partial charge in [-0.25, -0.2) is 4.98 Å². The van der Waals surface area contributed by atoms with E-state index in [1.807, 2.05) is 48.7 Å². The van der Waals surface area contributed by atoms with E-state index in [-0.39, 0.29) is 33.4 Å². The highest BCUT2D eigenvalue weighted by molar-refractivity contribution is 6.09. The minimum Gasteiger partial charge on any atom is -0.458 e. The molecule has 6 aromatic carbocycles. The maximum atomic E-state index is 8.84. The average molecular weight is 725 g/mol. The van der Waals surface area contributed by atoms with E-state index >= 15 is 0 Å². The molecule has 5 nitrogen and oxygen atoms in total. The second-order valence-electron chi connectivity index (χ2n) is 14.3. The van der Waals surface area contributed by atoms with Gasteiger partial charge in [0, 0.05) is 35.4 Å². The highest BCUT2D eigenvalue weighted by Gasteiger charge is 2.20. The molecule has 0 fully saturated rings. The number of nitrogens with zero attached hydrogens (tertiary/aromatic N) is 4. The molecule has 0 bridgehead atoms. The normalized spacial score (nSPS) is 14.3. The lowest BCUT2D eigenvalue weighted by Gasteiger charge is -2.19. The van der Waals surface area contributed by atoms with Gasteiger partial charge in [0.05, 0.1) is 36.1 Å². The lowest BCUT2D eigenvalue weighted by atomic mass is 9.86. The third-order valence-electron chi connectivity index (χ3n) is 9.78. The summed E-state index contributed by atoms with van der Waals surface area (Å²) >= 11 is 0. The Morgan fingerprint density at radius 1 is 0.727 bits per heavy atom. The van der Waals surface area contributed by atoms with Crippen molar-refractivity contribution >= 4 is 21.8 Å². The third-order valence-corrected chi connectivity index (χ3v) is 9.78. The zero-order valence-electron chi connectivity index (χ0n) is 40.8. The first-order chi connectivity index (χ1) is 31.0. The first-order valence-electron chi connectivity index (χ1n) is 23.1. The van der Waals surface area contributed by atoms with Crippen LogP contribution < -0.4 is 9.30 Å². The second-order valence-corrected chi connectivity index (χ2v) is 14.3. The fourth-order valence-corrected chi connectivity index (χ4v) is 6.97. The lowest BCUT2D eigenvalue weighted by molar-refractivity contribution is -0.598. The van der Waals surface area contributed by atoms with Gasteiger partial charge in [-0.3, -0.25) is 13.7 Å². The van der Waals surface area contributed by atoms with Gasteiger partial charge in [0.25, 0.3) is 6.33 Å². The number of fused-ring (bicyclic) bond motifs is 3. The Morgan fingerprint density at radius 2 is 1.44 bits per heavy atom. The van der Waals surface area contributed by atoms with Crippen molar-refractivity contribution < 1.29 is 23.0 Å². The Balaban J connectivity index is 1.16. The SMILES string of the molecule is [2H]c1c([2H])c([2H])c(-c2cccc(-c3c([2H])c([2H])c([2H])c([2H])c3[2H])c2-[n+]2[c-]n(-c3cccc(Oc4ccc5c6cc(C(C)(C)C)ccc6n(-c6cc(CC)ccn6)c5c4)c3)cc2)c([2H])c1[2H]. The van der Waals surface area contributed by atoms with Crippen LogP contribution in [0.3, 0.4) is 0 Å². The molecule has 0 unspecified atom stereocenters. The average Bonchev–Trinajstić information content (AvgIpc) is 3.92. The van der Waals surface area contributed by atoms with Crippen LogP contribution in [0.25, 0.3) is 61.3 Å². The van der Waals surface area contributed by atoms with Gasteiger partial charge in [0.1, 0.15) is 17.3 Å². The van der Waals surface area contributed by atoms with Gasteiger partial charge in [0.15, 0.2) is 0 Å². The number of benzene rings is 6. The molecule has 55 heavy (non-hydrogen) atoms. The quantitative estimate of drug-likeness (QED) is 0.116. The summed E-state index contributed by atoms with van der Waals surface area (Å²) in [5, 5.41) is 2.18. The van der Waals surface area contributed by atoms with Crippen LogP contribution in [-0.4, -0.2) is 14.1 Å². The largest absolute Gasteiger partial charge is 0.458 e. The molecule has 9 aromatic rings. The molecule has 0 spiro atoms. The molecule has 268 valence electrons.